The normalized spacial score (nSPS) is 27.1. The number of carbonyl (C=O) groups is 1. The minimum atomic E-state index is 0.209. The van der Waals surface area contributed by atoms with Crippen molar-refractivity contribution in [3.63, 3.8) is 0 Å². The second-order valence-corrected chi connectivity index (χ2v) is 5.76. The van der Waals surface area contributed by atoms with Crippen LogP contribution in [0, 0.1) is 11.8 Å². The lowest BCUT2D eigenvalue weighted by atomic mass is 9.82. The second kappa shape index (κ2) is 6.41. The molecule has 0 aromatic rings. The van der Waals surface area contributed by atoms with Gasteiger partial charge in [-0.2, -0.15) is 0 Å². The number of ether oxygens (including phenoxy) is 1. The van der Waals surface area contributed by atoms with E-state index in [1.807, 2.05) is 11.9 Å². The van der Waals surface area contributed by atoms with Crippen LogP contribution in [0.15, 0.2) is 0 Å². The van der Waals surface area contributed by atoms with E-state index in [-0.39, 0.29) is 6.03 Å². The lowest BCUT2D eigenvalue weighted by Crippen LogP contribution is -2.40. The smallest absolute Gasteiger partial charge is 0.319 e. The fourth-order valence-electron chi connectivity index (χ4n) is 3.35. The molecule has 1 heterocycles. The third-order valence-corrected chi connectivity index (χ3v) is 4.42. The van der Waals surface area contributed by atoms with Gasteiger partial charge in [0.05, 0.1) is 0 Å². The van der Waals surface area contributed by atoms with Gasteiger partial charge in [0, 0.05) is 40.4 Å². The molecule has 1 saturated heterocycles. The average molecular weight is 254 g/mol. The molecule has 4 heteroatoms. The van der Waals surface area contributed by atoms with Gasteiger partial charge >= 0.3 is 6.03 Å². The van der Waals surface area contributed by atoms with Crippen molar-refractivity contribution in [2.45, 2.75) is 32.1 Å². The van der Waals surface area contributed by atoms with Crippen LogP contribution in [-0.2, 0) is 4.74 Å². The molecule has 2 fully saturated rings. The van der Waals surface area contributed by atoms with Crippen molar-refractivity contribution < 1.29 is 9.53 Å². The molecule has 0 unspecified atom stereocenters. The first kappa shape index (κ1) is 13.7. The molecule has 0 N–H and O–H groups in total. The average Bonchev–Trinajstić information content (AvgIpc) is 2.81. The molecule has 2 aliphatic rings. The van der Waals surface area contributed by atoms with Gasteiger partial charge in [-0.1, -0.05) is 12.8 Å². The lowest BCUT2D eigenvalue weighted by molar-refractivity contribution is 0.156. The van der Waals surface area contributed by atoms with Crippen molar-refractivity contribution in [3.05, 3.63) is 0 Å². The van der Waals surface area contributed by atoms with Gasteiger partial charge in [-0.15, -0.1) is 0 Å². The largest absolute Gasteiger partial charge is 0.385 e. The van der Waals surface area contributed by atoms with Gasteiger partial charge in [-0.3, -0.25) is 0 Å². The first-order chi connectivity index (χ1) is 8.72. The van der Waals surface area contributed by atoms with Gasteiger partial charge in [-0.25, -0.2) is 4.79 Å². The molecular weight excluding hydrogens is 228 g/mol. The number of urea groups is 1. The van der Waals surface area contributed by atoms with E-state index < -0.39 is 0 Å². The van der Waals surface area contributed by atoms with Crippen LogP contribution in [0.25, 0.3) is 0 Å². The van der Waals surface area contributed by atoms with Gasteiger partial charge in [0.25, 0.3) is 0 Å². The maximum Gasteiger partial charge on any atom is 0.319 e. The first-order valence-electron chi connectivity index (χ1n) is 7.21. The summed E-state index contributed by atoms with van der Waals surface area (Å²) in [5.74, 6) is 1.55. The zero-order valence-corrected chi connectivity index (χ0v) is 11.7. The second-order valence-electron chi connectivity index (χ2n) is 5.76. The summed E-state index contributed by atoms with van der Waals surface area (Å²) in [6, 6.07) is 0.209. The van der Waals surface area contributed by atoms with Crippen molar-refractivity contribution >= 4 is 6.03 Å². The third kappa shape index (κ3) is 3.16. The Balaban J connectivity index is 1.79. The molecule has 2 rings (SSSR count). The van der Waals surface area contributed by atoms with E-state index in [0.717, 1.165) is 44.5 Å². The zero-order valence-electron chi connectivity index (χ0n) is 11.7. The Kier molecular flexibility index (Phi) is 4.87. The number of hydrogen-bond acceptors (Lipinski definition) is 2. The molecule has 0 aromatic heterocycles. The van der Waals surface area contributed by atoms with Gasteiger partial charge < -0.3 is 14.5 Å². The number of likely N-dealkylation sites (tertiary alicyclic amines) is 1. The molecule has 0 aromatic carbocycles. The van der Waals surface area contributed by atoms with E-state index >= 15 is 0 Å². The summed E-state index contributed by atoms with van der Waals surface area (Å²) in [4.78, 5) is 16.2. The minimum absolute atomic E-state index is 0.209. The van der Waals surface area contributed by atoms with Crippen LogP contribution in [0.5, 0.6) is 0 Å². The highest BCUT2D eigenvalue weighted by atomic mass is 16.5. The monoisotopic (exact) mass is 254 g/mol. The van der Waals surface area contributed by atoms with Crippen LogP contribution < -0.4 is 0 Å². The van der Waals surface area contributed by atoms with Crippen LogP contribution in [0.3, 0.4) is 0 Å². The minimum Gasteiger partial charge on any atom is -0.385 e. The molecule has 2 amide bonds. The Labute approximate surface area is 110 Å². The van der Waals surface area contributed by atoms with Crippen molar-refractivity contribution in [1.29, 1.82) is 0 Å². The molecule has 0 bridgehead atoms. The Morgan fingerprint density at radius 2 is 1.89 bits per heavy atom. The molecule has 104 valence electrons. The Hall–Kier alpha value is -0.770. The molecule has 4 nitrogen and oxygen atoms in total. The van der Waals surface area contributed by atoms with E-state index in [4.69, 9.17) is 4.74 Å². The quantitative estimate of drug-likeness (QED) is 0.721. The van der Waals surface area contributed by atoms with E-state index in [9.17, 15) is 4.79 Å². The van der Waals surface area contributed by atoms with Crippen molar-refractivity contribution in [2.75, 3.05) is 40.4 Å². The van der Waals surface area contributed by atoms with Crippen LogP contribution in [0.1, 0.15) is 32.1 Å². The highest BCUT2D eigenvalue weighted by molar-refractivity contribution is 5.74. The van der Waals surface area contributed by atoms with Gasteiger partial charge in [0.15, 0.2) is 0 Å². The summed E-state index contributed by atoms with van der Waals surface area (Å²) < 4.78 is 5.02. The number of nitrogens with zero attached hydrogens (tertiary/aromatic N) is 2. The first-order valence-corrected chi connectivity index (χ1v) is 7.21. The zero-order chi connectivity index (χ0) is 13.0. The fourth-order valence-corrected chi connectivity index (χ4v) is 3.35. The van der Waals surface area contributed by atoms with Crippen molar-refractivity contribution in [1.82, 2.24) is 9.80 Å². The van der Waals surface area contributed by atoms with E-state index in [1.165, 1.54) is 25.7 Å². The summed E-state index contributed by atoms with van der Waals surface area (Å²) in [7, 11) is 3.60. The van der Waals surface area contributed by atoms with E-state index in [2.05, 4.69) is 4.90 Å². The third-order valence-electron chi connectivity index (χ3n) is 4.42. The Morgan fingerprint density at radius 1 is 1.28 bits per heavy atom. The number of rotatable bonds is 4. The van der Waals surface area contributed by atoms with E-state index in [1.54, 1.807) is 7.11 Å². The van der Waals surface area contributed by atoms with Crippen LogP contribution >= 0.6 is 0 Å². The number of methoxy groups -OCH3 is 1. The molecule has 2 atom stereocenters. The predicted molar refractivity (Wildman–Crippen MR) is 71.5 cm³/mol. The molecule has 1 aliphatic carbocycles. The number of carbonyl (C=O) groups excluding carboxylic acids is 1. The van der Waals surface area contributed by atoms with Crippen molar-refractivity contribution in [2.24, 2.45) is 11.8 Å². The topological polar surface area (TPSA) is 32.8 Å². The Morgan fingerprint density at radius 3 is 2.44 bits per heavy atom. The molecule has 1 saturated carbocycles. The highest BCUT2D eigenvalue weighted by Gasteiger charge is 2.37. The summed E-state index contributed by atoms with van der Waals surface area (Å²) in [5, 5.41) is 0. The predicted octanol–water partition coefficient (Wildman–Crippen LogP) is 2.20. The van der Waals surface area contributed by atoms with Crippen molar-refractivity contribution in [3.8, 4) is 0 Å². The summed E-state index contributed by atoms with van der Waals surface area (Å²) in [6.07, 6.45) is 6.27. The number of fused-ring (bicyclic) bond motifs is 1. The standard InChI is InChI=1S/C14H26N2O2/c1-15(8-5-9-18-2)14(17)16-10-12-6-3-4-7-13(12)11-16/h12-13H,3-11H2,1-2H3/t12-,13-/m0/s1. The molecular formula is C14H26N2O2. The summed E-state index contributed by atoms with van der Waals surface area (Å²) in [5.41, 5.74) is 0. The molecule has 1 aliphatic heterocycles. The fraction of sp³-hybridized carbons (Fsp3) is 0.929. The highest BCUT2D eigenvalue weighted by Crippen LogP contribution is 2.36. The Bertz CT molecular complexity index is 269. The lowest BCUT2D eigenvalue weighted by Gasteiger charge is -2.24. The number of amides is 2. The van der Waals surface area contributed by atoms with E-state index in [0.29, 0.717) is 0 Å². The van der Waals surface area contributed by atoms with Gasteiger partial charge in [0.2, 0.25) is 0 Å². The number of hydrogen-bond donors (Lipinski definition) is 0. The molecule has 0 spiro atoms. The summed E-state index contributed by atoms with van der Waals surface area (Å²) in [6.45, 7) is 3.48. The van der Waals surface area contributed by atoms with Crippen LogP contribution in [-0.4, -0.2) is 56.2 Å². The maximum absolute atomic E-state index is 12.3. The van der Waals surface area contributed by atoms with Gasteiger partial charge in [0.1, 0.15) is 0 Å². The molecule has 0 radical (unpaired) electrons. The van der Waals surface area contributed by atoms with Crippen LogP contribution in [0.4, 0.5) is 4.79 Å². The SMILES string of the molecule is COCCCN(C)C(=O)N1C[C@@H]2CCCC[C@H]2C1. The maximum atomic E-state index is 12.3. The molecule has 18 heavy (non-hydrogen) atoms. The summed E-state index contributed by atoms with van der Waals surface area (Å²) >= 11 is 0. The van der Waals surface area contributed by atoms with Gasteiger partial charge in [-0.05, 0) is 31.1 Å². The van der Waals surface area contributed by atoms with Crippen LogP contribution in [0.2, 0.25) is 0 Å².